The van der Waals surface area contributed by atoms with Gasteiger partial charge in [-0.1, -0.05) is 30.3 Å². The van der Waals surface area contributed by atoms with E-state index in [9.17, 15) is 13.8 Å². The van der Waals surface area contributed by atoms with Gasteiger partial charge < -0.3 is 9.64 Å². The second-order valence-corrected chi connectivity index (χ2v) is 9.36. The van der Waals surface area contributed by atoms with E-state index in [4.69, 9.17) is 4.74 Å². The van der Waals surface area contributed by atoms with Gasteiger partial charge in [0.1, 0.15) is 5.60 Å². The first-order valence-corrected chi connectivity index (χ1v) is 9.90. The quantitative estimate of drug-likeness (QED) is 0.669. The van der Waals surface area contributed by atoms with Crippen LogP contribution in [-0.4, -0.2) is 51.5 Å². The van der Waals surface area contributed by atoms with Crippen molar-refractivity contribution < 1.29 is 18.5 Å². The molecule has 7 heteroatoms. The molecular formula is C17H24N2O4S. The number of rotatable bonds is 3. The molecule has 24 heavy (non-hydrogen) atoms. The average molecular weight is 352 g/mol. The molecule has 0 aromatic heterocycles. The van der Waals surface area contributed by atoms with Crippen molar-refractivity contribution in [3.05, 3.63) is 35.9 Å². The second kappa shape index (κ2) is 6.84. The maximum atomic E-state index is 12.5. The Kier molecular flexibility index (Phi) is 5.22. The molecule has 2 rings (SSSR count). The van der Waals surface area contributed by atoms with E-state index >= 15 is 0 Å². The van der Waals surface area contributed by atoms with E-state index in [1.54, 1.807) is 35.2 Å². The lowest BCUT2D eigenvalue weighted by Gasteiger charge is -2.38. The fourth-order valence-electron chi connectivity index (χ4n) is 2.18. The van der Waals surface area contributed by atoms with Crippen LogP contribution in [0.25, 0.3) is 0 Å². The molecule has 0 spiro atoms. The molecule has 1 aliphatic heterocycles. The molecule has 1 fully saturated rings. The monoisotopic (exact) mass is 352 g/mol. The van der Waals surface area contributed by atoms with Crippen LogP contribution in [0.5, 0.6) is 0 Å². The Hall–Kier alpha value is -2.02. The SMILES string of the molecule is CC(C)(C)OC(=O)N1CC(C=N[SH](C)(=O)C(=O)c2ccccc2)C1. The van der Waals surface area contributed by atoms with Gasteiger partial charge in [0, 0.05) is 47.2 Å². The Morgan fingerprint density at radius 1 is 1.25 bits per heavy atom. The summed E-state index contributed by atoms with van der Waals surface area (Å²) in [6.07, 6.45) is 2.53. The Bertz CT molecular complexity index is 688. The molecule has 132 valence electrons. The molecule has 0 bridgehead atoms. The number of likely N-dealkylation sites (tertiary alicyclic amines) is 1. The summed E-state index contributed by atoms with van der Waals surface area (Å²) in [5.41, 5.74) is -0.137. The van der Waals surface area contributed by atoms with E-state index in [1.165, 1.54) is 12.5 Å². The molecular weight excluding hydrogens is 328 g/mol. The molecule has 0 N–H and O–H groups in total. The second-order valence-electron chi connectivity index (χ2n) is 6.96. The van der Waals surface area contributed by atoms with Crippen LogP contribution in [0.4, 0.5) is 4.79 Å². The van der Waals surface area contributed by atoms with Gasteiger partial charge in [-0.25, -0.2) is 9.19 Å². The van der Waals surface area contributed by atoms with Gasteiger partial charge in [0.15, 0.2) is 0 Å². The zero-order valence-electron chi connectivity index (χ0n) is 14.4. The number of amides is 1. The summed E-state index contributed by atoms with van der Waals surface area (Å²) in [4.78, 5) is 25.6. The van der Waals surface area contributed by atoms with E-state index in [0.717, 1.165) is 0 Å². The highest BCUT2D eigenvalue weighted by Crippen LogP contribution is 2.19. The molecule has 6 nitrogen and oxygen atoms in total. The van der Waals surface area contributed by atoms with Gasteiger partial charge in [0.2, 0.25) is 5.12 Å². The van der Waals surface area contributed by atoms with Crippen LogP contribution in [0.1, 0.15) is 31.1 Å². The number of ether oxygens (including phenoxy) is 1. The average Bonchev–Trinajstić information content (AvgIpc) is 2.43. The highest BCUT2D eigenvalue weighted by Gasteiger charge is 2.33. The number of nitrogens with zero attached hydrogens (tertiary/aromatic N) is 2. The van der Waals surface area contributed by atoms with Crippen molar-refractivity contribution in [2.24, 2.45) is 10.3 Å². The standard InChI is InChI=1S/C17H24N2O4S/c1-17(2,3)23-16(21)19-11-13(12-19)10-18-24(4,22)15(20)14-8-6-5-7-9-14/h5-10,13,24H,11-12H2,1-4H3. The number of benzene rings is 1. The van der Waals surface area contributed by atoms with Gasteiger partial charge in [-0.15, -0.1) is 0 Å². The Morgan fingerprint density at radius 3 is 2.38 bits per heavy atom. The van der Waals surface area contributed by atoms with Gasteiger partial charge in [-0.05, 0) is 20.8 Å². The van der Waals surface area contributed by atoms with E-state index in [2.05, 4.69) is 4.40 Å². The van der Waals surface area contributed by atoms with Crippen molar-refractivity contribution >= 4 is 27.5 Å². The molecule has 1 heterocycles. The van der Waals surface area contributed by atoms with E-state index in [0.29, 0.717) is 18.7 Å². The van der Waals surface area contributed by atoms with Crippen molar-refractivity contribution in [1.29, 1.82) is 0 Å². The van der Waals surface area contributed by atoms with Crippen LogP contribution in [0, 0.1) is 5.92 Å². The number of hydrogen-bond acceptors (Lipinski definition) is 4. The normalized spacial score (nSPS) is 16.8. The van der Waals surface area contributed by atoms with Crippen LogP contribution < -0.4 is 0 Å². The summed E-state index contributed by atoms with van der Waals surface area (Å²) < 4.78 is 21.8. The smallest absolute Gasteiger partial charge is 0.410 e. The lowest BCUT2D eigenvalue weighted by Crippen LogP contribution is -2.52. The highest BCUT2D eigenvalue weighted by molar-refractivity contribution is 8.15. The summed E-state index contributed by atoms with van der Waals surface area (Å²) in [6.45, 7) is 6.35. The van der Waals surface area contributed by atoms with Crippen molar-refractivity contribution in [1.82, 2.24) is 4.90 Å². The zero-order chi connectivity index (χ0) is 18.0. The van der Waals surface area contributed by atoms with Crippen molar-refractivity contribution in [2.45, 2.75) is 26.4 Å². The predicted octanol–water partition coefficient (Wildman–Crippen LogP) is 2.33. The van der Waals surface area contributed by atoms with Gasteiger partial charge in [-0.2, -0.15) is 0 Å². The first kappa shape index (κ1) is 18.3. The van der Waals surface area contributed by atoms with E-state index < -0.39 is 20.8 Å². The molecule has 0 radical (unpaired) electrons. The molecule has 1 aliphatic rings. The number of hydrogen-bond donors (Lipinski definition) is 1. The largest absolute Gasteiger partial charge is 0.444 e. The number of carbonyl (C=O) groups is 2. The Balaban J connectivity index is 1.90. The third-order valence-electron chi connectivity index (χ3n) is 3.46. The highest BCUT2D eigenvalue weighted by atomic mass is 32.3. The predicted molar refractivity (Wildman–Crippen MR) is 96.0 cm³/mol. The fraction of sp³-hybridized carbons (Fsp3) is 0.471. The third-order valence-corrected chi connectivity index (χ3v) is 5.04. The molecule has 1 aromatic carbocycles. The molecule has 0 aliphatic carbocycles. The maximum Gasteiger partial charge on any atom is 0.410 e. The van der Waals surface area contributed by atoms with Crippen LogP contribution in [0.3, 0.4) is 0 Å². The van der Waals surface area contributed by atoms with Gasteiger partial charge >= 0.3 is 6.09 Å². The Morgan fingerprint density at radius 2 is 1.83 bits per heavy atom. The van der Waals surface area contributed by atoms with Gasteiger partial charge in [0.25, 0.3) is 0 Å². The van der Waals surface area contributed by atoms with Crippen molar-refractivity contribution in [2.75, 3.05) is 19.3 Å². The minimum Gasteiger partial charge on any atom is -0.444 e. The topological polar surface area (TPSA) is 76.0 Å². The molecule has 1 aromatic rings. The lowest BCUT2D eigenvalue weighted by atomic mass is 10.0. The minimum absolute atomic E-state index is 0.00522. The zero-order valence-corrected chi connectivity index (χ0v) is 15.3. The first-order chi connectivity index (χ1) is 11.1. The third kappa shape index (κ3) is 4.74. The van der Waals surface area contributed by atoms with Crippen LogP contribution in [0.2, 0.25) is 0 Å². The molecule has 1 amide bonds. The van der Waals surface area contributed by atoms with Gasteiger partial charge in [0.05, 0.1) is 0 Å². The molecule has 0 atom stereocenters. The minimum atomic E-state index is -3.32. The summed E-state index contributed by atoms with van der Waals surface area (Å²) in [6, 6.07) is 8.49. The maximum absolute atomic E-state index is 12.5. The summed E-state index contributed by atoms with van der Waals surface area (Å²) >= 11 is 0. The van der Waals surface area contributed by atoms with Crippen molar-refractivity contribution in [3.63, 3.8) is 0 Å². The van der Waals surface area contributed by atoms with E-state index in [-0.39, 0.29) is 12.0 Å². The number of thiol groups is 1. The molecule has 1 saturated heterocycles. The van der Waals surface area contributed by atoms with Crippen LogP contribution in [0.15, 0.2) is 34.7 Å². The number of carbonyl (C=O) groups excluding carboxylic acids is 2. The summed E-state index contributed by atoms with van der Waals surface area (Å²) in [5, 5.41) is -0.456. The van der Waals surface area contributed by atoms with E-state index in [1.807, 2.05) is 20.8 Å². The summed E-state index contributed by atoms with van der Waals surface area (Å²) in [5.74, 6) is -0.00522. The lowest BCUT2D eigenvalue weighted by molar-refractivity contribution is 0.00739. The first-order valence-electron chi connectivity index (χ1n) is 7.79. The fourth-order valence-corrected chi connectivity index (χ4v) is 3.35. The van der Waals surface area contributed by atoms with Gasteiger partial charge in [-0.3, -0.25) is 9.00 Å². The molecule has 0 saturated carbocycles. The Labute approximate surface area is 143 Å². The van der Waals surface area contributed by atoms with Crippen LogP contribution >= 0.6 is 0 Å². The van der Waals surface area contributed by atoms with Crippen LogP contribution in [-0.2, 0) is 14.9 Å². The van der Waals surface area contributed by atoms with Crippen molar-refractivity contribution in [3.8, 4) is 0 Å². The summed E-state index contributed by atoms with van der Waals surface area (Å²) in [7, 11) is -3.32. The molecule has 0 unspecified atom stereocenters.